The molecular formula is C15H30N2. The molecule has 0 radical (unpaired) electrons. The summed E-state index contributed by atoms with van der Waals surface area (Å²) in [6, 6.07) is 0. The van der Waals surface area contributed by atoms with Crippen molar-refractivity contribution in [1.82, 2.24) is 4.90 Å². The molecule has 0 saturated carbocycles. The van der Waals surface area contributed by atoms with Gasteiger partial charge in [0.1, 0.15) is 0 Å². The Morgan fingerprint density at radius 2 is 1.94 bits per heavy atom. The van der Waals surface area contributed by atoms with Gasteiger partial charge in [0.25, 0.3) is 0 Å². The molecule has 1 unspecified atom stereocenters. The third-order valence-electron chi connectivity index (χ3n) is 3.53. The van der Waals surface area contributed by atoms with Crippen molar-refractivity contribution in [2.45, 2.75) is 47.0 Å². The second kappa shape index (κ2) is 8.55. The molecule has 1 atom stereocenters. The first-order valence-electron chi connectivity index (χ1n) is 6.81. The quantitative estimate of drug-likeness (QED) is 0.659. The molecule has 0 saturated heterocycles. The van der Waals surface area contributed by atoms with E-state index in [1.165, 1.54) is 12.8 Å². The molecule has 0 fully saturated rings. The van der Waals surface area contributed by atoms with Gasteiger partial charge in [0.15, 0.2) is 0 Å². The van der Waals surface area contributed by atoms with E-state index in [1.807, 2.05) is 0 Å². The minimum absolute atomic E-state index is 0.364. The molecule has 100 valence electrons. The molecule has 2 heteroatoms. The van der Waals surface area contributed by atoms with Crippen LogP contribution in [0.15, 0.2) is 0 Å². The van der Waals surface area contributed by atoms with Crippen LogP contribution in [0.3, 0.4) is 0 Å². The third kappa shape index (κ3) is 7.41. The van der Waals surface area contributed by atoms with Crippen LogP contribution in [-0.2, 0) is 0 Å². The largest absolute Gasteiger partial charge is 0.330 e. The first-order valence-corrected chi connectivity index (χ1v) is 6.81. The van der Waals surface area contributed by atoms with Crippen molar-refractivity contribution >= 4 is 0 Å². The molecule has 0 amide bonds. The van der Waals surface area contributed by atoms with Gasteiger partial charge >= 0.3 is 0 Å². The van der Waals surface area contributed by atoms with E-state index in [0.717, 1.165) is 38.5 Å². The summed E-state index contributed by atoms with van der Waals surface area (Å²) in [6.07, 6.45) is 8.95. The molecule has 0 aliphatic heterocycles. The second-order valence-electron chi connectivity index (χ2n) is 5.86. The SMILES string of the molecule is C#CCN(CC)CCCC(CCN)C(C)(C)C. The fourth-order valence-electron chi connectivity index (χ4n) is 2.25. The number of hydrogen-bond donors (Lipinski definition) is 1. The third-order valence-corrected chi connectivity index (χ3v) is 3.53. The van der Waals surface area contributed by atoms with E-state index in [9.17, 15) is 0 Å². The highest BCUT2D eigenvalue weighted by atomic mass is 15.1. The average molecular weight is 238 g/mol. The van der Waals surface area contributed by atoms with Crippen molar-refractivity contribution in [2.24, 2.45) is 17.1 Å². The molecule has 0 rings (SSSR count). The lowest BCUT2D eigenvalue weighted by Gasteiger charge is -2.31. The monoisotopic (exact) mass is 238 g/mol. The lowest BCUT2D eigenvalue weighted by Crippen LogP contribution is -2.28. The van der Waals surface area contributed by atoms with Gasteiger partial charge in [0.2, 0.25) is 0 Å². The zero-order chi connectivity index (χ0) is 13.3. The molecule has 0 aromatic heterocycles. The molecule has 0 aromatic carbocycles. The van der Waals surface area contributed by atoms with Gasteiger partial charge < -0.3 is 5.73 Å². The minimum Gasteiger partial charge on any atom is -0.330 e. The molecule has 0 spiro atoms. The van der Waals surface area contributed by atoms with Crippen molar-refractivity contribution in [3.63, 3.8) is 0 Å². The van der Waals surface area contributed by atoms with Crippen LogP contribution in [0.1, 0.15) is 47.0 Å². The van der Waals surface area contributed by atoms with E-state index in [4.69, 9.17) is 12.2 Å². The number of hydrogen-bond acceptors (Lipinski definition) is 2. The van der Waals surface area contributed by atoms with Crippen LogP contribution in [0.4, 0.5) is 0 Å². The maximum absolute atomic E-state index is 5.69. The van der Waals surface area contributed by atoms with Gasteiger partial charge in [-0.25, -0.2) is 0 Å². The van der Waals surface area contributed by atoms with Crippen molar-refractivity contribution in [1.29, 1.82) is 0 Å². The van der Waals surface area contributed by atoms with E-state index in [2.05, 4.69) is 38.5 Å². The second-order valence-corrected chi connectivity index (χ2v) is 5.86. The Morgan fingerprint density at radius 1 is 1.29 bits per heavy atom. The van der Waals surface area contributed by atoms with E-state index in [-0.39, 0.29) is 0 Å². The lowest BCUT2D eigenvalue weighted by atomic mass is 9.76. The van der Waals surface area contributed by atoms with Crippen molar-refractivity contribution < 1.29 is 0 Å². The summed E-state index contributed by atoms with van der Waals surface area (Å²) >= 11 is 0. The van der Waals surface area contributed by atoms with Crippen molar-refractivity contribution in [3.8, 4) is 12.3 Å². The van der Waals surface area contributed by atoms with Crippen molar-refractivity contribution in [3.05, 3.63) is 0 Å². The van der Waals surface area contributed by atoms with Gasteiger partial charge in [0.05, 0.1) is 6.54 Å². The molecular weight excluding hydrogens is 208 g/mol. The van der Waals surface area contributed by atoms with E-state index in [0.29, 0.717) is 5.41 Å². The molecule has 2 nitrogen and oxygen atoms in total. The number of terminal acetylenes is 1. The van der Waals surface area contributed by atoms with E-state index < -0.39 is 0 Å². The highest BCUT2D eigenvalue weighted by Crippen LogP contribution is 2.32. The Morgan fingerprint density at radius 3 is 2.35 bits per heavy atom. The van der Waals surface area contributed by atoms with Gasteiger partial charge in [-0.2, -0.15) is 0 Å². The predicted octanol–water partition coefficient (Wildman–Crippen LogP) is 2.73. The summed E-state index contributed by atoms with van der Waals surface area (Å²) in [5, 5.41) is 0. The summed E-state index contributed by atoms with van der Waals surface area (Å²) in [6.45, 7) is 12.8. The average Bonchev–Trinajstić information content (AvgIpc) is 2.25. The highest BCUT2D eigenvalue weighted by Gasteiger charge is 2.23. The Bertz CT molecular complexity index is 222. The van der Waals surface area contributed by atoms with Crippen molar-refractivity contribution in [2.75, 3.05) is 26.2 Å². The van der Waals surface area contributed by atoms with E-state index >= 15 is 0 Å². The van der Waals surface area contributed by atoms with Gasteiger partial charge in [-0.05, 0) is 50.2 Å². The topological polar surface area (TPSA) is 29.3 Å². The molecule has 0 aromatic rings. The lowest BCUT2D eigenvalue weighted by molar-refractivity contribution is 0.199. The van der Waals surface area contributed by atoms with Crippen LogP contribution in [0.2, 0.25) is 0 Å². The zero-order valence-corrected chi connectivity index (χ0v) is 12.1. The van der Waals surface area contributed by atoms with Crippen LogP contribution >= 0.6 is 0 Å². The molecule has 2 N–H and O–H groups in total. The maximum Gasteiger partial charge on any atom is 0.0598 e. The normalized spacial score (nSPS) is 13.7. The number of nitrogens with zero attached hydrogens (tertiary/aromatic N) is 1. The maximum atomic E-state index is 5.69. The first kappa shape index (κ1) is 16.5. The predicted molar refractivity (Wildman–Crippen MR) is 76.8 cm³/mol. The highest BCUT2D eigenvalue weighted by molar-refractivity contribution is 4.87. The molecule has 0 aliphatic carbocycles. The summed E-state index contributed by atoms with van der Waals surface area (Å²) in [5.74, 6) is 3.44. The fourth-order valence-corrected chi connectivity index (χ4v) is 2.25. The van der Waals surface area contributed by atoms with Gasteiger partial charge in [-0.15, -0.1) is 6.42 Å². The molecule has 17 heavy (non-hydrogen) atoms. The number of nitrogens with two attached hydrogens (primary N) is 1. The molecule has 0 heterocycles. The smallest absolute Gasteiger partial charge is 0.0598 e. The standard InChI is InChI=1S/C15H30N2/c1-6-12-17(7-2)13-8-9-14(10-11-16)15(3,4)5/h1,14H,7-13,16H2,2-5H3. The summed E-state index contributed by atoms with van der Waals surface area (Å²) in [7, 11) is 0. The Kier molecular flexibility index (Phi) is 8.29. The Balaban J connectivity index is 4.01. The van der Waals surface area contributed by atoms with Crippen LogP contribution in [0.25, 0.3) is 0 Å². The van der Waals surface area contributed by atoms with Gasteiger partial charge in [0, 0.05) is 0 Å². The Hall–Kier alpha value is -0.520. The minimum atomic E-state index is 0.364. The summed E-state index contributed by atoms with van der Waals surface area (Å²) in [5.41, 5.74) is 6.06. The Labute approximate surface area is 108 Å². The first-order chi connectivity index (χ1) is 7.95. The van der Waals surface area contributed by atoms with Gasteiger partial charge in [-0.3, -0.25) is 4.90 Å². The van der Waals surface area contributed by atoms with Crippen LogP contribution in [0.5, 0.6) is 0 Å². The zero-order valence-electron chi connectivity index (χ0n) is 12.1. The summed E-state index contributed by atoms with van der Waals surface area (Å²) < 4.78 is 0. The fraction of sp³-hybridized carbons (Fsp3) is 0.867. The van der Waals surface area contributed by atoms with Crippen LogP contribution < -0.4 is 5.73 Å². The molecule has 0 aliphatic rings. The van der Waals surface area contributed by atoms with Gasteiger partial charge in [-0.1, -0.05) is 33.6 Å². The summed E-state index contributed by atoms with van der Waals surface area (Å²) in [4.78, 5) is 2.32. The van der Waals surface area contributed by atoms with Crippen LogP contribution in [0, 0.1) is 23.7 Å². The van der Waals surface area contributed by atoms with Crippen LogP contribution in [-0.4, -0.2) is 31.1 Å². The van der Waals surface area contributed by atoms with E-state index in [1.54, 1.807) is 0 Å². The molecule has 0 bridgehead atoms. The number of rotatable bonds is 8.